The van der Waals surface area contributed by atoms with Crippen molar-refractivity contribution in [1.82, 2.24) is 14.6 Å². The van der Waals surface area contributed by atoms with E-state index in [1.807, 2.05) is 30.3 Å². The van der Waals surface area contributed by atoms with E-state index < -0.39 is 12.1 Å². The maximum absolute atomic E-state index is 14.4. The van der Waals surface area contributed by atoms with Crippen molar-refractivity contribution in [2.75, 3.05) is 18.0 Å². The Hall–Kier alpha value is -3.78. The van der Waals surface area contributed by atoms with Gasteiger partial charge in [-0.2, -0.15) is 9.61 Å². The number of rotatable bonds is 5. The lowest BCUT2D eigenvalue weighted by molar-refractivity contribution is -0.147. The van der Waals surface area contributed by atoms with Gasteiger partial charge in [0.25, 0.3) is 0 Å². The normalized spacial score (nSPS) is 17.5. The van der Waals surface area contributed by atoms with Crippen molar-refractivity contribution < 1.29 is 19.4 Å². The van der Waals surface area contributed by atoms with Crippen LogP contribution in [0.5, 0.6) is 0 Å². The zero-order valence-corrected chi connectivity index (χ0v) is 20.0. The van der Waals surface area contributed by atoms with Crippen LogP contribution < -0.4 is 4.90 Å². The number of piperidine rings is 1. The lowest BCUT2D eigenvalue weighted by Gasteiger charge is -2.35. The van der Waals surface area contributed by atoms with Crippen LogP contribution in [0.25, 0.3) is 28.0 Å². The summed E-state index contributed by atoms with van der Waals surface area (Å²) in [5.41, 5.74) is 4.42. The summed E-state index contributed by atoms with van der Waals surface area (Å²) in [4.78, 5) is 18.6. The van der Waals surface area contributed by atoms with Gasteiger partial charge in [-0.25, -0.2) is 14.2 Å². The van der Waals surface area contributed by atoms with E-state index in [4.69, 9.17) is 5.10 Å². The third kappa shape index (κ3) is 3.82. The molecule has 2 fully saturated rings. The van der Waals surface area contributed by atoms with Crippen molar-refractivity contribution >= 4 is 17.4 Å². The monoisotopic (exact) mass is 486 g/mol. The fraction of sp³-hybridized carbons (Fsp3) is 0.321. The first-order valence-electron chi connectivity index (χ1n) is 12.3. The molecule has 6 rings (SSSR count). The Morgan fingerprint density at radius 1 is 1.03 bits per heavy atom. The second kappa shape index (κ2) is 8.41. The number of carboxylic acids is 1. The molecule has 3 heterocycles. The topological polar surface area (TPSA) is 91.0 Å². The Morgan fingerprint density at radius 2 is 1.75 bits per heavy atom. The van der Waals surface area contributed by atoms with Crippen LogP contribution in [0.3, 0.4) is 0 Å². The number of nitrogens with zero attached hydrogens (tertiary/aromatic N) is 4. The van der Waals surface area contributed by atoms with Gasteiger partial charge in [-0.1, -0.05) is 36.4 Å². The smallest absolute Gasteiger partial charge is 0.337 e. The number of halogens is 1. The van der Waals surface area contributed by atoms with Gasteiger partial charge >= 0.3 is 5.97 Å². The number of aryl methyl sites for hydroxylation is 1. The molecule has 2 N–H and O–H groups in total. The van der Waals surface area contributed by atoms with Gasteiger partial charge in [0.15, 0.2) is 11.8 Å². The zero-order valence-electron chi connectivity index (χ0n) is 20.0. The minimum atomic E-state index is -1.70. The molecule has 2 aliphatic rings. The average molecular weight is 487 g/mol. The standard InChI is InChI=1S/C28H27FN4O3/c1-17-24(25(34)27(35)36)26(32-13-11-28(9-10-28)12-14-32)33-23(30-17)16-22(31-33)19-6-4-5-18(15-19)20-7-2-3-8-21(20)29/h2-8,15-16,25,34H,9-14H2,1H3,(H,35,36)/t25-/m0/s1. The maximum Gasteiger partial charge on any atom is 0.337 e. The van der Waals surface area contributed by atoms with Gasteiger partial charge in [0.2, 0.25) is 0 Å². The SMILES string of the molecule is Cc1nc2cc(-c3cccc(-c4ccccc4F)c3)nn2c(N2CCC3(CC2)CC3)c1[C@H](O)C(=O)O. The van der Waals surface area contributed by atoms with E-state index in [0.717, 1.165) is 37.1 Å². The molecule has 36 heavy (non-hydrogen) atoms. The number of aromatic nitrogens is 3. The lowest BCUT2D eigenvalue weighted by Crippen LogP contribution is -2.37. The van der Waals surface area contributed by atoms with Crippen LogP contribution in [-0.4, -0.2) is 43.9 Å². The van der Waals surface area contributed by atoms with Gasteiger partial charge in [-0.05, 0) is 55.7 Å². The first-order chi connectivity index (χ1) is 17.3. The van der Waals surface area contributed by atoms with Gasteiger partial charge in [0, 0.05) is 36.0 Å². The molecule has 4 aromatic rings. The number of carbonyl (C=O) groups is 1. The van der Waals surface area contributed by atoms with Crippen molar-refractivity contribution in [2.45, 2.75) is 38.7 Å². The summed E-state index contributed by atoms with van der Waals surface area (Å²) < 4.78 is 16.1. The maximum atomic E-state index is 14.4. The molecule has 184 valence electrons. The highest BCUT2D eigenvalue weighted by Gasteiger charge is 2.45. The second-order valence-electron chi connectivity index (χ2n) is 10.0. The molecule has 8 heteroatoms. The highest BCUT2D eigenvalue weighted by Crippen LogP contribution is 2.54. The quantitative estimate of drug-likeness (QED) is 0.412. The number of anilines is 1. The van der Waals surface area contributed by atoms with Crippen LogP contribution in [-0.2, 0) is 4.79 Å². The minimum absolute atomic E-state index is 0.275. The number of aliphatic hydroxyl groups is 1. The van der Waals surface area contributed by atoms with E-state index in [1.54, 1.807) is 29.6 Å². The number of benzene rings is 2. The van der Waals surface area contributed by atoms with Crippen molar-refractivity contribution in [1.29, 1.82) is 0 Å². The highest BCUT2D eigenvalue weighted by molar-refractivity contribution is 5.79. The number of carboxylic acid groups (broad SMARTS) is 1. The van der Waals surface area contributed by atoms with Gasteiger partial charge in [0.05, 0.1) is 11.3 Å². The Labute approximate surface area is 207 Å². The summed E-state index contributed by atoms with van der Waals surface area (Å²) in [6, 6.07) is 16.0. The predicted octanol–water partition coefficient (Wildman–Crippen LogP) is 5.01. The van der Waals surface area contributed by atoms with Gasteiger partial charge in [0.1, 0.15) is 11.6 Å². The van der Waals surface area contributed by atoms with Crippen LogP contribution in [0.4, 0.5) is 10.2 Å². The zero-order chi connectivity index (χ0) is 25.0. The summed E-state index contributed by atoms with van der Waals surface area (Å²) in [6.07, 6.45) is 2.88. The molecular weight excluding hydrogens is 459 g/mol. The molecule has 0 bridgehead atoms. The third-order valence-corrected chi connectivity index (χ3v) is 7.74. The number of hydrogen-bond donors (Lipinski definition) is 2. The predicted molar refractivity (Wildman–Crippen MR) is 134 cm³/mol. The van der Waals surface area contributed by atoms with Crippen molar-refractivity contribution in [3.63, 3.8) is 0 Å². The molecule has 1 aliphatic heterocycles. The molecule has 0 radical (unpaired) electrons. The molecule has 0 unspecified atom stereocenters. The van der Waals surface area contributed by atoms with Gasteiger partial charge < -0.3 is 15.1 Å². The van der Waals surface area contributed by atoms with Crippen molar-refractivity contribution in [2.24, 2.45) is 5.41 Å². The molecule has 1 saturated heterocycles. The van der Waals surface area contributed by atoms with E-state index >= 15 is 0 Å². The molecular formula is C28H27FN4O3. The Morgan fingerprint density at radius 3 is 2.44 bits per heavy atom. The summed E-state index contributed by atoms with van der Waals surface area (Å²) >= 11 is 0. The van der Waals surface area contributed by atoms with Gasteiger partial charge in [-0.15, -0.1) is 0 Å². The highest BCUT2D eigenvalue weighted by atomic mass is 19.1. The van der Waals surface area contributed by atoms with Crippen LogP contribution in [0.2, 0.25) is 0 Å². The van der Waals surface area contributed by atoms with Crippen LogP contribution in [0.15, 0.2) is 54.6 Å². The van der Waals surface area contributed by atoms with Crippen molar-refractivity contribution in [3.05, 3.63) is 71.7 Å². The van der Waals surface area contributed by atoms with Crippen LogP contribution in [0.1, 0.15) is 43.0 Å². The molecule has 0 amide bonds. The molecule has 2 aromatic heterocycles. The average Bonchev–Trinajstić information content (AvgIpc) is 3.49. The van der Waals surface area contributed by atoms with Crippen LogP contribution in [0, 0.1) is 18.2 Å². The molecule has 1 saturated carbocycles. The fourth-order valence-electron chi connectivity index (χ4n) is 5.41. The molecule has 2 aromatic carbocycles. The van der Waals surface area contributed by atoms with Crippen molar-refractivity contribution in [3.8, 4) is 22.4 Å². The number of fused-ring (bicyclic) bond motifs is 1. The van der Waals surface area contributed by atoms with Gasteiger partial charge in [-0.3, -0.25) is 0 Å². The molecule has 1 atom stereocenters. The molecule has 1 spiro atoms. The second-order valence-corrected chi connectivity index (χ2v) is 10.0. The minimum Gasteiger partial charge on any atom is -0.479 e. The van der Waals surface area contributed by atoms with E-state index in [1.165, 1.54) is 18.9 Å². The number of hydrogen-bond acceptors (Lipinski definition) is 5. The van der Waals surface area contributed by atoms with E-state index in [9.17, 15) is 19.4 Å². The van der Waals surface area contributed by atoms with Crippen LogP contribution >= 0.6 is 0 Å². The summed E-state index contributed by atoms with van der Waals surface area (Å²) in [5.74, 6) is -1.03. The Kier molecular flexibility index (Phi) is 5.30. The Bertz CT molecular complexity index is 1480. The lowest BCUT2D eigenvalue weighted by atomic mass is 9.93. The number of aliphatic carboxylic acids is 1. The van der Waals surface area contributed by atoms with E-state index in [-0.39, 0.29) is 11.4 Å². The molecule has 7 nitrogen and oxygen atoms in total. The van der Waals surface area contributed by atoms with E-state index in [0.29, 0.717) is 33.8 Å². The Balaban J connectivity index is 1.48. The first kappa shape index (κ1) is 22.7. The third-order valence-electron chi connectivity index (χ3n) is 7.74. The summed E-state index contributed by atoms with van der Waals surface area (Å²) in [5, 5.41) is 25.1. The molecule has 1 aliphatic carbocycles. The summed E-state index contributed by atoms with van der Waals surface area (Å²) in [7, 11) is 0. The first-order valence-corrected chi connectivity index (χ1v) is 12.3. The summed E-state index contributed by atoms with van der Waals surface area (Å²) in [6.45, 7) is 3.27. The largest absolute Gasteiger partial charge is 0.479 e. The van der Waals surface area contributed by atoms with E-state index in [2.05, 4.69) is 9.88 Å². The fourth-order valence-corrected chi connectivity index (χ4v) is 5.41. The number of aliphatic hydroxyl groups excluding tert-OH is 1.